The van der Waals surface area contributed by atoms with E-state index in [1.54, 1.807) is 12.1 Å². The molecule has 0 fully saturated rings. The van der Waals surface area contributed by atoms with Crippen LogP contribution in [0.4, 0.5) is 0 Å². The molecule has 3 nitrogen and oxygen atoms in total. The van der Waals surface area contributed by atoms with Gasteiger partial charge < -0.3 is 14.8 Å². The molecule has 0 unspecified atom stereocenters. The van der Waals surface area contributed by atoms with E-state index in [1.165, 1.54) is 6.07 Å². The van der Waals surface area contributed by atoms with Crippen LogP contribution in [0.1, 0.15) is 19.8 Å². The molecule has 0 saturated heterocycles. The second-order valence-electron chi connectivity index (χ2n) is 3.26. The van der Waals surface area contributed by atoms with Crippen LogP contribution < -0.4 is 10.2 Å². The number of hydrogen-bond acceptors (Lipinski definition) is 3. The zero-order valence-corrected chi connectivity index (χ0v) is 9.37. The van der Waals surface area contributed by atoms with E-state index in [-0.39, 0.29) is 0 Å². The maximum absolute atomic E-state index is 9.10. The Morgan fingerprint density at radius 3 is 2.73 bits per heavy atom. The normalized spacial score (nSPS) is 10.1. The van der Waals surface area contributed by atoms with Crippen molar-refractivity contribution in [2.75, 3.05) is 6.61 Å². The molecule has 15 heavy (non-hydrogen) atoms. The van der Waals surface area contributed by atoms with Crippen LogP contribution in [0.25, 0.3) is 0 Å². The van der Waals surface area contributed by atoms with Crippen molar-refractivity contribution in [1.82, 2.24) is 0 Å². The standard InChI is InChI=1S/C10H14BClO3/c1-2-3-6-15-10-5-4-8(12)7-9(10)11(13)14/h4-5,7,13-14H,2-3,6H2,1H3. The molecule has 1 aromatic rings. The summed E-state index contributed by atoms with van der Waals surface area (Å²) in [6.45, 7) is 2.63. The molecule has 0 atom stereocenters. The van der Waals surface area contributed by atoms with Crippen LogP contribution in [0, 0.1) is 0 Å². The van der Waals surface area contributed by atoms with Crippen molar-refractivity contribution in [1.29, 1.82) is 0 Å². The fourth-order valence-electron chi connectivity index (χ4n) is 1.18. The Labute approximate surface area is 94.8 Å². The van der Waals surface area contributed by atoms with Crippen LogP contribution in [0.5, 0.6) is 5.75 Å². The Bertz CT molecular complexity index is 318. The van der Waals surface area contributed by atoms with E-state index in [0.29, 0.717) is 22.8 Å². The van der Waals surface area contributed by atoms with Gasteiger partial charge in [0, 0.05) is 10.5 Å². The summed E-state index contributed by atoms with van der Waals surface area (Å²) in [6, 6.07) is 4.80. The van der Waals surface area contributed by atoms with Crippen molar-refractivity contribution in [3.63, 3.8) is 0 Å². The first kappa shape index (κ1) is 12.4. The van der Waals surface area contributed by atoms with E-state index in [4.69, 9.17) is 26.4 Å². The minimum Gasteiger partial charge on any atom is -0.494 e. The summed E-state index contributed by atoms with van der Waals surface area (Å²) in [5, 5.41) is 18.7. The monoisotopic (exact) mass is 228 g/mol. The lowest BCUT2D eigenvalue weighted by Crippen LogP contribution is -2.31. The molecule has 0 aliphatic heterocycles. The predicted molar refractivity (Wildman–Crippen MR) is 61.7 cm³/mol. The Morgan fingerprint density at radius 2 is 2.13 bits per heavy atom. The molecule has 2 N–H and O–H groups in total. The lowest BCUT2D eigenvalue weighted by atomic mass is 9.79. The average Bonchev–Trinajstić information content (AvgIpc) is 2.20. The van der Waals surface area contributed by atoms with Gasteiger partial charge in [0.15, 0.2) is 0 Å². The van der Waals surface area contributed by atoms with Crippen LogP contribution in [0.3, 0.4) is 0 Å². The second kappa shape index (κ2) is 6.00. The smallest absolute Gasteiger partial charge is 0.492 e. The highest BCUT2D eigenvalue weighted by atomic mass is 35.5. The highest BCUT2D eigenvalue weighted by molar-refractivity contribution is 6.60. The maximum Gasteiger partial charge on any atom is 0.492 e. The molecule has 0 aromatic heterocycles. The summed E-state index contributed by atoms with van der Waals surface area (Å²) in [5.74, 6) is 0.475. The third kappa shape index (κ3) is 3.74. The lowest BCUT2D eigenvalue weighted by molar-refractivity contribution is 0.310. The first-order chi connectivity index (χ1) is 7.15. The number of benzene rings is 1. The van der Waals surface area contributed by atoms with Gasteiger partial charge in [0.05, 0.1) is 6.61 Å². The SMILES string of the molecule is CCCCOc1ccc(Cl)cc1B(O)O. The number of ether oxygens (including phenoxy) is 1. The molecular weight excluding hydrogens is 214 g/mol. The zero-order chi connectivity index (χ0) is 11.3. The van der Waals surface area contributed by atoms with Gasteiger partial charge in [-0.3, -0.25) is 0 Å². The Kier molecular flexibility index (Phi) is 4.95. The topological polar surface area (TPSA) is 49.7 Å². The van der Waals surface area contributed by atoms with Crippen molar-refractivity contribution in [2.45, 2.75) is 19.8 Å². The number of rotatable bonds is 5. The molecule has 1 aromatic carbocycles. The average molecular weight is 228 g/mol. The molecule has 0 heterocycles. The first-order valence-corrected chi connectivity index (χ1v) is 5.31. The van der Waals surface area contributed by atoms with E-state index < -0.39 is 7.12 Å². The highest BCUT2D eigenvalue weighted by Gasteiger charge is 2.17. The van der Waals surface area contributed by atoms with Gasteiger partial charge >= 0.3 is 7.12 Å². The molecule has 82 valence electrons. The van der Waals surface area contributed by atoms with E-state index >= 15 is 0 Å². The molecule has 0 aliphatic rings. The zero-order valence-electron chi connectivity index (χ0n) is 8.61. The lowest BCUT2D eigenvalue weighted by Gasteiger charge is -2.10. The summed E-state index contributed by atoms with van der Waals surface area (Å²) in [5.41, 5.74) is 0.304. The minimum atomic E-state index is -1.56. The number of unbranched alkanes of at least 4 members (excludes halogenated alkanes) is 1. The van der Waals surface area contributed by atoms with Gasteiger partial charge in [-0.2, -0.15) is 0 Å². The van der Waals surface area contributed by atoms with Gasteiger partial charge in [0.2, 0.25) is 0 Å². The molecule has 0 amide bonds. The minimum absolute atomic E-state index is 0.304. The van der Waals surface area contributed by atoms with E-state index in [9.17, 15) is 0 Å². The summed E-state index contributed by atoms with van der Waals surface area (Å²) >= 11 is 5.74. The van der Waals surface area contributed by atoms with Crippen LogP contribution in [0.15, 0.2) is 18.2 Å². The van der Waals surface area contributed by atoms with Gasteiger partial charge in [0.25, 0.3) is 0 Å². The molecule has 0 saturated carbocycles. The number of hydrogen-bond donors (Lipinski definition) is 2. The summed E-state index contributed by atoms with van der Waals surface area (Å²) in [7, 11) is -1.56. The maximum atomic E-state index is 9.10. The number of halogens is 1. The Balaban J connectivity index is 2.77. The van der Waals surface area contributed by atoms with Crippen LogP contribution >= 0.6 is 11.6 Å². The predicted octanol–water partition coefficient (Wildman–Crippen LogP) is 1.20. The summed E-state index contributed by atoms with van der Waals surface area (Å²) in [6.07, 6.45) is 1.97. The third-order valence-corrected chi connectivity index (χ3v) is 2.24. The van der Waals surface area contributed by atoms with E-state index in [1.807, 2.05) is 0 Å². The van der Waals surface area contributed by atoms with Crippen molar-refractivity contribution in [2.24, 2.45) is 0 Å². The molecule has 0 radical (unpaired) electrons. The first-order valence-electron chi connectivity index (χ1n) is 4.93. The van der Waals surface area contributed by atoms with Gasteiger partial charge in [-0.25, -0.2) is 0 Å². The van der Waals surface area contributed by atoms with Gasteiger partial charge in [0.1, 0.15) is 5.75 Å². The van der Waals surface area contributed by atoms with Gasteiger partial charge in [-0.05, 0) is 24.6 Å². The molecule has 5 heteroatoms. The molecule has 0 aliphatic carbocycles. The van der Waals surface area contributed by atoms with E-state index in [0.717, 1.165) is 12.8 Å². The van der Waals surface area contributed by atoms with Crippen molar-refractivity contribution >= 4 is 24.2 Å². The van der Waals surface area contributed by atoms with Crippen molar-refractivity contribution < 1.29 is 14.8 Å². The van der Waals surface area contributed by atoms with Gasteiger partial charge in [-0.15, -0.1) is 0 Å². The summed E-state index contributed by atoms with van der Waals surface area (Å²) in [4.78, 5) is 0. The van der Waals surface area contributed by atoms with Crippen LogP contribution in [-0.2, 0) is 0 Å². The Morgan fingerprint density at radius 1 is 1.40 bits per heavy atom. The quantitative estimate of drug-likeness (QED) is 0.588. The van der Waals surface area contributed by atoms with E-state index in [2.05, 4.69) is 6.92 Å². The molecular formula is C10H14BClO3. The van der Waals surface area contributed by atoms with Crippen molar-refractivity contribution in [3.05, 3.63) is 23.2 Å². The molecule has 0 bridgehead atoms. The second-order valence-corrected chi connectivity index (χ2v) is 3.69. The molecule has 0 spiro atoms. The summed E-state index contributed by atoms with van der Waals surface area (Å²) < 4.78 is 5.42. The largest absolute Gasteiger partial charge is 0.494 e. The third-order valence-electron chi connectivity index (χ3n) is 2.01. The van der Waals surface area contributed by atoms with Crippen molar-refractivity contribution in [3.8, 4) is 5.75 Å². The van der Waals surface area contributed by atoms with Gasteiger partial charge in [-0.1, -0.05) is 24.9 Å². The molecule has 1 rings (SSSR count). The van der Waals surface area contributed by atoms with Crippen LogP contribution in [-0.4, -0.2) is 23.8 Å². The fourth-order valence-corrected chi connectivity index (χ4v) is 1.36. The fraction of sp³-hybridized carbons (Fsp3) is 0.400. The Hall–Kier alpha value is -0.705. The highest BCUT2D eigenvalue weighted by Crippen LogP contribution is 2.14. The van der Waals surface area contributed by atoms with Crippen LogP contribution in [0.2, 0.25) is 5.02 Å².